The molecule has 0 amide bonds. The van der Waals surface area contributed by atoms with Gasteiger partial charge in [-0.2, -0.15) is 0 Å². The quantitative estimate of drug-likeness (QED) is 0.695. The van der Waals surface area contributed by atoms with Crippen molar-refractivity contribution in [2.45, 2.75) is 6.42 Å². The molecule has 3 rings (SSSR count). The van der Waals surface area contributed by atoms with Crippen molar-refractivity contribution in [1.29, 1.82) is 0 Å². The summed E-state index contributed by atoms with van der Waals surface area (Å²) in [4.78, 5) is 0. The van der Waals surface area contributed by atoms with E-state index in [2.05, 4.69) is 47.8 Å². The van der Waals surface area contributed by atoms with Crippen molar-refractivity contribution < 1.29 is 4.11 Å². The zero-order valence-corrected chi connectivity index (χ0v) is 12.5. The second-order valence-electron chi connectivity index (χ2n) is 4.84. The third kappa shape index (κ3) is 3.26. The maximum atomic E-state index is 7.22. The van der Waals surface area contributed by atoms with Crippen LogP contribution in [0.5, 0.6) is 0 Å². The smallest absolute Gasteiger partial charge is 0.0391 e. The summed E-state index contributed by atoms with van der Waals surface area (Å²) < 4.78 is 21.6. The monoisotopic (exact) mass is 300 g/mol. The van der Waals surface area contributed by atoms with Gasteiger partial charge in [0.2, 0.25) is 0 Å². The summed E-state index contributed by atoms with van der Waals surface area (Å²) in [6.07, 6.45) is 7.06. The van der Waals surface area contributed by atoms with Crippen LogP contribution >= 0.6 is 12.4 Å². The van der Waals surface area contributed by atoms with Crippen LogP contribution in [0.15, 0.2) is 54.6 Å². The third-order valence-electron chi connectivity index (χ3n) is 3.56. The van der Waals surface area contributed by atoms with Gasteiger partial charge in [0.1, 0.15) is 0 Å². The second-order valence-corrected chi connectivity index (χ2v) is 4.84. The van der Waals surface area contributed by atoms with E-state index in [1.54, 1.807) is 0 Å². The Bertz CT molecular complexity index is 712. The molecule has 1 aliphatic rings. The summed E-state index contributed by atoms with van der Waals surface area (Å²) >= 11 is 0. The first kappa shape index (κ1) is 11.8. The molecular weight excluding hydrogens is 278 g/mol. The average molecular weight is 301 g/mol. The maximum absolute atomic E-state index is 7.22. The molecule has 1 N–H and O–H groups in total. The SMILES string of the molecule is Cl.[2H]C([2H])([2H])NCCC=C1c2ccccc2C=Cc2ccccc21. The van der Waals surface area contributed by atoms with Gasteiger partial charge in [0, 0.05) is 4.11 Å². The summed E-state index contributed by atoms with van der Waals surface area (Å²) in [6, 6.07) is 16.6. The highest BCUT2D eigenvalue weighted by atomic mass is 35.5. The number of nitrogens with one attached hydrogen (secondary N) is 1. The fourth-order valence-corrected chi connectivity index (χ4v) is 2.61. The fraction of sp³-hybridized carbons (Fsp3) is 0.158. The molecule has 0 saturated heterocycles. The molecular formula is C19H20ClN. The van der Waals surface area contributed by atoms with Crippen LogP contribution in [0.4, 0.5) is 0 Å². The number of halogens is 1. The first-order chi connectivity index (χ1) is 11.0. The molecule has 0 bridgehead atoms. The molecule has 0 aliphatic heterocycles. The largest absolute Gasteiger partial charge is 0.319 e. The molecule has 0 saturated carbocycles. The predicted molar refractivity (Wildman–Crippen MR) is 94.7 cm³/mol. The van der Waals surface area contributed by atoms with Crippen molar-refractivity contribution >= 4 is 30.1 Å². The molecule has 2 aromatic carbocycles. The van der Waals surface area contributed by atoms with Crippen LogP contribution < -0.4 is 5.32 Å². The van der Waals surface area contributed by atoms with Gasteiger partial charge in [-0.25, -0.2) is 0 Å². The highest BCUT2D eigenvalue weighted by Crippen LogP contribution is 2.33. The van der Waals surface area contributed by atoms with E-state index in [9.17, 15) is 0 Å². The zero-order valence-electron chi connectivity index (χ0n) is 14.7. The Labute approximate surface area is 137 Å². The van der Waals surface area contributed by atoms with Gasteiger partial charge in [-0.3, -0.25) is 0 Å². The Morgan fingerprint density at radius 2 is 1.52 bits per heavy atom. The van der Waals surface area contributed by atoms with Crippen LogP contribution in [0.2, 0.25) is 0 Å². The average Bonchev–Trinajstić information content (AvgIpc) is 2.68. The Morgan fingerprint density at radius 3 is 2.10 bits per heavy atom. The minimum Gasteiger partial charge on any atom is -0.319 e. The van der Waals surface area contributed by atoms with Crippen LogP contribution in [0.25, 0.3) is 17.7 Å². The van der Waals surface area contributed by atoms with Crippen LogP contribution in [0.1, 0.15) is 32.8 Å². The van der Waals surface area contributed by atoms with Crippen molar-refractivity contribution in [2.75, 3.05) is 13.5 Å². The molecule has 0 spiro atoms. The van der Waals surface area contributed by atoms with Crippen LogP contribution in [-0.4, -0.2) is 13.5 Å². The van der Waals surface area contributed by atoms with Gasteiger partial charge < -0.3 is 5.32 Å². The topological polar surface area (TPSA) is 12.0 Å². The fourth-order valence-electron chi connectivity index (χ4n) is 2.61. The van der Waals surface area contributed by atoms with Crippen molar-refractivity contribution in [3.8, 4) is 0 Å². The van der Waals surface area contributed by atoms with Crippen LogP contribution in [-0.2, 0) is 0 Å². The second kappa shape index (κ2) is 7.26. The molecule has 1 aliphatic carbocycles. The maximum Gasteiger partial charge on any atom is 0.0391 e. The Balaban J connectivity index is 0.00000208. The molecule has 0 atom stereocenters. The minimum atomic E-state index is -2.08. The van der Waals surface area contributed by atoms with Crippen LogP contribution in [0, 0.1) is 0 Å². The lowest BCUT2D eigenvalue weighted by atomic mass is 9.93. The molecule has 0 radical (unpaired) electrons. The number of benzene rings is 2. The van der Waals surface area contributed by atoms with E-state index < -0.39 is 6.98 Å². The Kier molecular flexibility index (Phi) is 4.07. The highest BCUT2D eigenvalue weighted by molar-refractivity contribution is 5.93. The molecule has 0 fully saturated rings. The van der Waals surface area contributed by atoms with Gasteiger partial charge in [0.15, 0.2) is 0 Å². The third-order valence-corrected chi connectivity index (χ3v) is 3.56. The lowest BCUT2D eigenvalue weighted by molar-refractivity contribution is 0.808. The number of fused-ring (bicyclic) bond motifs is 2. The van der Waals surface area contributed by atoms with Gasteiger partial charge in [0.05, 0.1) is 0 Å². The van der Waals surface area contributed by atoms with E-state index in [-0.39, 0.29) is 12.4 Å². The van der Waals surface area contributed by atoms with Gasteiger partial charge in [-0.05, 0) is 47.8 Å². The highest BCUT2D eigenvalue weighted by Gasteiger charge is 2.13. The molecule has 0 heterocycles. The first-order valence-corrected chi connectivity index (χ1v) is 6.87. The molecule has 2 heteroatoms. The summed E-state index contributed by atoms with van der Waals surface area (Å²) in [6.45, 7) is -1.66. The molecule has 21 heavy (non-hydrogen) atoms. The van der Waals surface area contributed by atoms with E-state index in [1.807, 2.05) is 24.3 Å². The van der Waals surface area contributed by atoms with Crippen molar-refractivity contribution in [3.05, 3.63) is 76.9 Å². The van der Waals surface area contributed by atoms with Gasteiger partial charge in [-0.15, -0.1) is 12.4 Å². The predicted octanol–water partition coefficient (Wildman–Crippen LogP) is 4.63. The number of hydrogen-bond donors (Lipinski definition) is 1. The normalized spacial score (nSPS) is 14.7. The van der Waals surface area contributed by atoms with Crippen molar-refractivity contribution in [2.24, 2.45) is 0 Å². The van der Waals surface area contributed by atoms with E-state index in [0.29, 0.717) is 13.0 Å². The van der Waals surface area contributed by atoms with Crippen molar-refractivity contribution in [3.63, 3.8) is 0 Å². The number of hydrogen-bond acceptors (Lipinski definition) is 1. The van der Waals surface area contributed by atoms with E-state index >= 15 is 0 Å². The molecule has 108 valence electrons. The number of rotatable bonds is 3. The summed E-state index contributed by atoms with van der Waals surface area (Å²) in [5.41, 5.74) is 5.89. The van der Waals surface area contributed by atoms with Gasteiger partial charge in [-0.1, -0.05) is 66.8 Å². The Morgan fingerprint density at radius 1 is 0.952 bits per heavy atom. The van der Waals surface area contributed by atoms with Crippen molar-refractivity contribution in [1.82, 2.24) is 5.32 Å². The molecule has 2 aromatic rings. The Hall–Kier alpha value is -1.83. The van der Waals surface area contributed by atoms with Gasteiger partial charge >= 0.3 is 0 Å². The lowest BCUT2D eigenvalue weighted by Crippen LogP contribution is -2.06. The van der Waals surface area contributed by atoms with E-state index in [0.717, 1.165) is 5.57 Å². The molecule has 0 unspecified atom stereocenters. The molecule has 0 aromatic heterocycles. The minimum absolute atomic E-state index is 0. The van der Waals surface area contributed by atoms with Gasteiger partial charge in [0.25, 0.3) is 0 Å². The lowest BCUT2D eigenvalue weighted by Gasteiger charge is -2.12. The molecule has 1 nitrogen and oxygen atoms in total. The summed E-state index contributed by atoms with van der Waals surface area (Å²) in [5.74, 6) is 0. The zero-order chi connectivity index (χ0) is 16.3. The summed E-state index contributed by atoms with van der Waals surface area (Å²) in [7, 11) is 0. The first-order valence-electron chi connectivity index (χ1n) is 8.37. The van der Waals surface area contributed by atoms with E-state index in [4.69, 9.17) is 4.11 Å². The van der Waals surface area contributed by atoms with E-state index in [1.165, 1.54) is 22.3 Å². The van der Waals surface area contributed by atoms with Crippen LogP contribution in [0.3, 0.4) is 0 Å². The summed E-state index contributed by atoms with van der Waals surface area (Å²) in [5, 5.41) is 2.56. The standard InChI is InChI=1S/C19H19N.ClH/c1-20-14-6-11-19-17-9-4-2-7-15(17)12-13-16-8-3-5-10-18(16)19;/h2-5,7-13,20H,6,14H2,1H3;1H/i1D3;.